The summed E-state index contributed by atoms with van der Waals surface area (Å²) < 4.78 is 10.1. The van der Waals surface area contributed by atoms with Gasteiger partial charge in [0.15, 0.2) is 6.61 Å². The van der Waals surface area contributed by atoms with Crippen molar-refractivity contribution in [1.29, 1.82) is 0 Å². The number of nitro groups is 1. The first-order valence-electron chi connectivity index (χ1n) is 9.84. The Labute approximate surface area is 193 Å². The Morgan fingerprint density at radius 1 is 0.971 bits per heavy atom. The van der Waals surface area contributed by atoms with Gasteiger partial charge in [-0.2, -0.15) is 0 Å². The summed E-state index contributed by atoms with van der Waals surface area (Å²) in [7, 11) is 1.50. The first-order chi connectivity index (χ1) is 16.3. The lowest BCUT2D eigenvalue weighted by molar-refractivity contribution is -0.383. The third kappa shape index (κ3) is 5.85. The van der Waals surface area contributed by atoms with Gasteiger partial charge in [0.1, 0.15) is 11.4 Å². The SMILES string of the molecule is COc1ccccc1NC(=O)c1ccc(NC(=O)COC(=O)c2ccc(N)c([N+](=O)[O-])c2)cc1. The number of hydrogen-bond acceptors (Lipinski definition) is 8. The van der Waals surface area contributed by atoms with Gasteiger partial charge in [0.2, 0.25) is 0 Å². The lowest BCUT2D eigenvalue weighted by atomic mass is 10.2. The molecular weight excluding hydrogens is 444 g/mol. The molecule has 0 saturated heterocycles. The van der Waals surface area contributed by atoms with Crippen LogP contribution in [-0.2, 0) is 9.53 Å². The van der Waals surface area contributed by atoms with E-state index in [0.29, 0.717) is 22.7 Å². The number of amides is 2. The van der Waals surface area contributed by atoms with Crippen molar-refractivity contribution < 1.29 is 28.8 Å². The van der Waals surface area contributed by atoms with Crippen molar-refractivity contribution in [3.8, 4) is 5.75 Å². The van der Waals surface area contributed by atoms with Gasteiger partial charge in [-0.25, -0.2) is 4.79 Å². The van der Waals surface area contributed by atoms with Crippen molar-refractivity contribution in [2.45, 2.75) is 0 Å². The van der Waals surface area contributed by atoms with Gasteiger partial charge in [-0.3, -0.25) is 19.7 Å². The average molecular weight is 464 g/mol. The molecule has 0 fully saturated rings. The van der Waals surface area contributed by atoms with Crippen LogP contribution in [0.5, 0.6) is 5.75 Å². The number of ether oxygens (including phenoxy) is 2. The standard InChI is InChI=1S/C23H20N4O7/c1-33-20-5-3-2-4-18(20)26-22(29)14-6-9-16(10-7-14)25-21(28)13-34-23(30)15-8-11-17(24)19(12-15)27(31)32/h2-12H,13,24H2,1H3,(H,25,28)(H,26,29). The van der Waals surface area contributed by atoms with Gasteiger partial charge in [0.05, 0.1) is 23.3 Å². The van der Waals surface area contributed by atoms with Gasteiger partial charge in [0, 0.05) is 17.3 Å². The van der Waals surface area contributed by atoms with Crippen LogP contribution < -0.4 is 21.1 Å². The summed E-state index contributed by atoms with van der Waals surface area (Å²) in [5, 5.41) is 16.2. The number of hydrogen-bond donors (Lipinski definition) is 3. The maximum Gasteiger partial charge on any atom is 0.338 e. The van der Waals surface area contributed by atoms with E-state index < -0.39 is 29.1 Å². The van der Waals surface area contributed by atoms with Gasteiger partial charge >= 0.3 is 5.97 Å². The molecule has 0 atom stereocenters. The minimum atomic E-state index is -0.915. The zero-order valence-corrected chi connectivity index (χ0v) is 17.9. The molecule has 0 saturated carbocycles. The number of para-hydroxylation sites is 2. The lowest BCUT2D eigenvalue weighted by Crippen LogP contribution is -2.21. The van der Waals surface area contributed by atoms with Crippen LogP contribution in [0.4, 0.5) is 22.7 Å². The number of nitrogens with two attached hydrogens (primary N) is 1. The van der Waals surface area contributed by atoms with Crippen LogP contribution in [0.25, 0.3) is 0 Å². The fraction of sp³-hybridized carbons (Fsp3) is 0.0870. The average Bonchev–Trinajstić information content (AvgIpc) is 2.83. The van der Waals surface area contributed by atoms with Crippen LogP contribution in [0.3, 0.4) is 0 Å². The number of nitrogen functional groups attached to an aromatic ring is 1. The van der Waals surface area contributed by atoms with Crippen molar-refractivity contribution in [3.63, 3.8) is 0 Å². The molecule has 174 valence electrons. The molecule has 3 rings (SSSR count). The number of esters is 1. The predicted octanol–water partition coefficient (Wildman–Crippen LogP) is 3.23. The first kappa shape index (κ1) is 23.7. The van der Waals surface area contributed by atoms with Gasteiger partial charge in [-0.15, -0.1) is 0 Å². The summed E-state index contributed by atoms with van der Waals surface area (Å²) in [5.74, 6) is -1.40. The first-order valence-corrected chi connectivity index (χ1v) is 9.84. The van der Waals surface area contributed by atoms with E-state index >= 15 is 0 Å². The molecular formula is C23H20N4O7. The summed E-state index contributed by atoms with van der Waals surface area (Å²) in [6.07, 6.45) is 0. The molecule has 0 bridgehead atoms. The highest BCUT2D eigenvalue weighted by Gasteiger charge is 2.17. The molecule has 0 aliphatic carbocycles. The molecule has 0 radical (unpaired) electrons. The number of benzene rings is 3. The molecule has 0 heterocycles. The number of carbonyl (C=O) groups excluding carboxylic acids is 3. The minimum Gasteiger partial charge on any atom is -0.495 e. The number of carbonyl (C=O) groups is 3. The Morgan fingerprint density at radius 2 is 1.65 bits per heavy atom. The van der Waals surface area contributed by atoms with E-state index in [-0.39, 0.29) is 17.2 Å². The molecule has 2 amide bonds. The Morgan fingerprint density at radius 3 is 2.32 bits per heavy atom. The van der Waals surface area contributed by atoms with Crippen LogP contribution in [0.2, 0.25) is 0 Å². The van der Waals surface area contributed by atoms with Crippen molar-refractivity contribution in [2.75, 3.05) is 30.1 Å². The zero-order valence-electron chi connectivity index (χ0n) is 17.9. The van der Waals surface area contributed by atoms with Crippen LogP contribution in [0.15, 0.2) is 66.7 Å². The van der Waals surface area contributed by atoms with Gasteiger partial charge in [-0.1, -0.05) is 12.1 Å². The second kappa shape index (κ2) is 10.6. The van der Waals surface area contributed by atoms with Crippen molar-refractivity contribution in [3.05, 3.63) is 88.0 Å². The number of anilines is 3. The smallest absolute Gasteiger partial charge is 0.338 e. The van der Waals surface area contributed by atoms with Crippen molar-refractivity contribution in [1.82, 2.24) is 0 Å². The molecule has 11 nitrogen and oxygen atoms in total. The quantitative estimate of drug-likeness (QED) is 0.198. The summed E-state index contributed by atoms with van der Waals surface area (Å²) in [4.78, 5) is 46.8. The number of methoxy groups -OCH3 is 1. The second-order valence-corrected chi connectivity index (χ2v) is 6.89. The zero-order chi connectivity index (χ0) is 24.7. The Hall–Kier alpha value is -4.93. The lowest BCUT2D eigenvalue weighted by Gasteiger charge is -2.10. The van der Waals surface area contributed by atoms with E-state index in [1.165, 1.54) is 43.5 Å². The van der Waals surface area contributed by atoms with Gasteiger partial charge in [0.25, 0.3) is 17.5 Å². The molecule has 34 heavy (non-hydrogen) atoms. The Balaban J connectivity index is 1.54. The molecule has 0 aromatic heterocycles. The van der Waals surface area contributed by atoms with Crippen LogP contribution in [0, 0.1) is 10.1 Å². The monoisotopic (exact) mass is 464 g/mol. The highest BCUT2D eigenvalue weighted by molar-refractivity contribution is 6.05. The number of rotatable bonds is 8. The summed E-state index contributed by atoms with van der Waals surface area (Å²) in [6.45, 7) is -0.618. The summed E-state index contributed by atoms with van der Waals surface area (Å²) in [5.41, 5.74) is 6.08. The topological polar surface area (TPSA) is 163 Å². The largest absolute Gasteiger partial charge is 0.495 e. The molecule has 11 heteroatoms. The van der Waals surface area contributed by atoms with Crippen LogP contribution >= 0.6 is 0 Å². The van der Waals surface area contributed by atoms with Gasteiger partial charge < -0.3 is 25.8 Å². The van der Waals surface area contributed by atoms with E-state index in [9.17, 15) is 24.5 Å². The normalized spacial score (nSPS) is 10.1. The Kier molecular flexibility index (Phi) is 7.39. The number of nitrogens with zero attached hydrogens (tertiary/aromatic N) is 1. The van der Waals surface area contributed by atoms with E-state index in [0.717, 1.165) is 6.07 Å². The minimum absolute atomic E-state index is 0.0978. The Bertz CT molecular complexity index is 1240. The predicted molar refractivity (Wildman–Crippen MR) is 124 cm³/mol. The number of nitro benzene ring substituents is 1. The molecule has 3 aromatic carbocycles. The second-order valence-electron chi connectivity index (χ2n) is 6.89. The van der Waals surface area contributed by atoms with E-state index in [2.05, 4.69) is 10.6 Å². The molecule has 0 unspecified atom stereocenters. The highest BCUT2D eigenvalue weighted by Crippen LogP contribution is 2.24. The van der Waals surface area contributed by atoms with Gasteiger partial charge in [-0.05, 0) is 48.5 Å². The fourth-order valence-corrected chi connectivity index (χ4v) is 2.89. The fourth-order valence-electron chi connectivity index (χ4n) is 2.89. The molecule has 3 aromatic rings. The van der Waals surface area contributed by atoms with E-state index in [1.54, 1.807) is 24.3 Å². The molecule has 0 aliphatic heterocycles. The third-order valence-electron chi connectivity index (χ3n) is 4.58. The molecule has 0 aliphatic rings. The maximum absolute atomic E-state index is 12.5. The summed E-state index contributed by atoms with van der Waals surface area (Å²) in [6, 6.07) is 16.5. The van der Waals surface area contributed by atoms with Crippen LogP contribution in [-0.4, -0.2) is 36.4 Å². The van der Waals surface area contributed by atoms with Crippen molar-refractivity contribution in [2.24, 2.45) is 0 Å². The highest BCUT2D eigenvalue weighted by atomic mass is 16.6. The molecule has 0 spiro atoms. The van der Waals surface area contributed by atoms with Crippen molar-refractivity contribution >= 4 is 40.5 Å². The third-order valence-corrected chi connectivity index (χ3v) is 4.58. The van der Waals surface area contributed by atoms with E-state index in [4.69, 9.17) is 15.2 Å². The van der Waals surface area contributed by atoms with Crippen LogP contribution in [0.1, 0.15) is 20.7 Å². The molecule has 4 N–H and O–H groups in total. The number of nitrogens with one attached hydrogen (secondary N) is 2. The maximum atomic E-state index is 12.5. The van der Waals surface area contributed by atoms with E-state index in [1.807, 2.05) is 0 Å². The summed E-state index contributed by atoms with van der Waals surface area (Å²) >= 11 is 0.